The maximum atomic E-state index is 12.3. The number of carboxylic acids is 1. The van der Waals surface area contributed by atoms with E-state index in [0.29, 0.717) is 23.3 Å². The molecule has 2 N–H and O–H groups in total. The largest absolute Gasteiger partial charge is 0.493 e. The van der Waals surface area contributed by atoms with E-state index in [4.69, 9.17) is 14.6 Å². The van der Waals surface area contributed by atoms with Crippen LogP contribution in [0.4, 0.5) is 5.69 Å². The van der Waals surface area contributed by atoms with Crippen molar-refractivity contribution in [1.29, 1.82) is 0 Å². The summed E-state index contributed by atoms with van der Waals surface area (Å²) in [5.74, 6) is 0.708. The van der Waals surface area contributed by atoms with Crippen molar-refractivity contribution in [2.75, 3.05) is 19.5 Å². The number of rotatable bonds is 6. The van der Waals surface area contributed by atoms with Crippen LogP contribution in [0.3, 0.4) is 0 Å². The van der Waals surface area contributed by atoms with Gasteiger partial charge in [0.05, 0.1) is 25.5 Å². The Morgan fingerprint density at radius 3 is 2.50 bits per heavy atom. The normalized spacial score (nSPS) is 22.8. The predicted molar refractivity (Wildman–Crippen MR) is 79.5 cm³/mol. The second kappa shape index (κ2) is 5.51. The summed E-state index contributed by atoms with van der Waals surface area (Å²) in [5, 5.41) is 12.0. The number of hydrogen-bond acceptors (Lipinski definition) is 4. The first kappa shape index (κ1) is 14.7. The second-order valence-corrected chi connectivity index (χ2v) is 5.90. The number of benzene rings is 1. The minimum Gasteiger partial charge on any atom is -0.493 e. The van der Waals surface area contributed by atoms with Gasteiger partial charge < -0.3 is 19.9 Å². The zero-order valence-electron chi connectivity index (χ0n) is 12.6. The van der Waals surface area contributed by atoms with E-state index in [1.807, 2.05) is 0 Å². The summed E-state index contributed by atoms with van der Waals surface area (Å²) in [5.41, 5.74) is 0.383. The summed E-state index contributed by atoms with van der Waals surface area (Å²) in [4.78, 5) is 23.5. The van der Waals surface area contributed by atoms with E-state index in [1.54, 1.807) is 0 Å². The van der Waals surface area contributed by atoms with Crippen LogP contribution in [0.25, 0.3) is 0 Å². The van der Waals surface area contributed by atoms with Gasteiger partial charge in [-0.05, 0) is 43.2 Å². The van der Waals surface area contributed by atoms with Crippen LogP contribution < -0.4 is 14.8 Å². The van der Waals surface area contributed by atoms with Gasteiger partial charge in [-0.2, -0.15) is 0 Å². The van der Waals surface area contributed by atoms with Crippen LogP contribution in [0.2, 0.25) is 0 Å². The highest BCUT2D eigenvalue weighted by atomic mass is 16.5. The van der Waals surface area contributed by atoms with Crippen molar-refractivity contribution in [3.63, 3.8) is 0 Å². The molecule has 0 heterocycles. The van der Waals surface area contributed by atoms with Crippen molar-refractivity contribution in [2.24, 2.45) is 17.8 Å². The number of anilines is 1. The molecule has 118 valence electrons. The van der Waals surface area contributed by atoms with Crippen molar-refractivity contribution in [2.45, 2.75) is 19.3 Å². The monoisotopic (exact) mass is 305 g/mol. The van der Waals surface area contributed by atoms with Gasteiger partial charge >= 0.3 is 5.97 Å². The molecule has 2 unspecified atom stereocenters. The fourth-order valence-corrected chi connectivity index (χ4v) is 2.97. The van der Waals surface area contributed by atoms with Gasteiger partial charge in [0.25, 0.3) is 0 Å². The first-order chi connectivity index (χ1) is 10.5. The van der Waals surface area contributed by atoms with E-state index in [2.05, 4.69) is 5.32 Å². The number of carboxylic acid groups (broad SMARTS) is 1. The van der Waals surface area contributed by atoms with E-state index >= 15 is 0 Å². The van der Waals surface area contributed by atoms with Crippen molar-refractivity contribution in [3.05, 3.63) is 17.7 Å². The highest BCUT2D eigenvalue weighted by Gasteiger charge is 2.51. The van der Waals surface area contributed by atoms with Crippen LogP contribution >= 0.6 is 0 Å². The van der Waals surface area contributed by atoms with Crippen molar-refractivity contribution in [3.8, 4) is 11.5 Å². The highest BCUT2D eigenvalue weighted by Crippen LogP contribution is 2.54. The summed E-state index contributed by atoms with van der Waals surface area (Å²) >= 11 is 0. The zero-order valence-corrected chi connectivity index (χ0v) is 12.6. The molecule has 0 aliphatic heterocycles. The molecule has 2 aliphatic rings. The van der Waals surface area contributed by atoms with Gasteiger partial charge in [0.15, 0.2) is 11.5 Å². The van der Waals surface area contributed by atoms with Crippen LogP contribution in [-0.4, -0.2) is 31.2 Å². The molecule has 2 fully saturated rings. The molecule has 2 aliphatic carbocycles. The number of aromatic carboxylic acids is 1. The van der Waals surface area contributed by atoms with E-state index in [-0.39, 0.29) is 23.1 Å². The Labute approximate surface area is 128 Å². The lowest BCUT2D eigenvalue weighted by Gasteiger charge is -2.14. The van der Waals surface area contributed by atoms with Crippen molar-refractivity contribution in [1.82, 2.24) is 0 Å². The molecule has 1 aromatic rings. The Bertz CT molecular complexity index is 623. The molecule has 2 atom stereocenters. The van der Waals surface area contributed by atoms with Gasteiger partial charge in [0, 0.05) is 5.92 Å². The Hall–Kier alpha value is -2.24. The van der Waals surface area contributed by atoms with Crippen LogP contribution in [0, 0.1) is 17.8 Å². The molecule has 0 radical (unpaired) electrons. The molecule has 0 bridgehead atoms. The average Bonchev–Trinajstić information content (AvgIpc) is 3.37. The molecule has 22 heavy (non-hydrogen) atoms. The molecule has 6 nitrogen and oxygen atoms in total. The third-order valence-corrected chi connectivity index (χ3v) is 4.39. The smallest absolute Gasteiger partial charge is 0.335 e. The van der Waals surface area contributed by atoms with Gasteiger partial charge in [-0.1, -0.05) is 0 Å². The number of nitrogens with one attached hydrogen (secondary N) is 1. The van der Waals surface area contributed by atoms with Crippen molar-refractivity contribution < 1.29 is 24.2 Å². The number of carbonyl (C=O) groups excluding carboxylic acids is 1. The van der Waals surface area contributed by atoms with Crippen LogP contribution in [0.1, 0.15) is 29.6 Å². The first-order valence-corrected chi connectivity index (χ1v) is 7.35. The molecule has 3 rings (SSSR count). The van der Waals surface area contributed by atoms with E-state index in [1.165, 1.54) is 39.2 Å². The summed E-state index contributed by atoms with van der Waals surface area (Å²) in [6.07, 6.45) is 3.37. The quantitative estimate of drug-likeness (QED) is 0.843. The molecular formula is C16H19NO5. The summed E-state index contributed by atoms with van der Waals surface area (Å²) in [6.45, 7) is 0. The Balaban J connectivity index is 1.82. The molecule has 1 aromatic carbocycles. The lowest BCUT2D eigenvalue weighted by Crippen LogP contribution is -2.16. The minimum absolute atomic E-state index is 0.0386. The number of amides is 1. The third-order valence-electron chi connectivity index (χ3n) is 4.39. The predicted octanol–water partition coefficient (Wildman–Crippen LogP) is 2.39. The van der Waals surface area contributed by atoms with Crippen LogP contribution in [0.15, 0.2) is 12.1 Å². The Kier molecular flexibility index (Phi) is 3.68. The summed E-state index contributed by atoms with van der Waals surface area (Å²) in [6, 6.07) is 2.77. The Morgan fingerprint density at radius 1 is 1.23 bits per heavy atom. The van der Waals surface area contributed by atoms with E-state index < -0.39 is 5.97 Å². The second-order valence-electron chi connectivity index (χ2n) is 5.90. The summed E-state index contributed by atoms with van der Waals surface area (Å²) < 4.78 is 10.4. The topological polar surface area (TPSA) is 84.9 Å². The number of methoxy groups -OCH3 is 2. The molecule has 0 aromatic heterocycles. The van der Waals surface area contributed by atoms with Gasteiger partial charge in [-0.25, -0.2) is 4.79 Å². The fourth-order valence-electron chi connectivity index (χ4n) is 2.97. The minimum atomic E-state index is -1.08. The standard InChI is InChI=1S/C16H19NO5/c1-21-13-6-9(16(19)20)5-12(14(13)22-2)17-15(18)11-7-10(11)8-3-4-8/h5-6,8,10-11H,3-4,7H2,1-2H3,(H,17,18)(H,19,20). The van der Waals surface area contributed by atoms with E-state index in [0.717, 1.165) is 6.42 Å². The average molecular weight is 305 g/mol. The zero-order chi connectivity index (χ0) is 15.9. The molecule has 1 amide bonds. The lowest BCUT2D eigenvalue weighted by atomic mass is 10.1. The molecule has 6 heteroatoms. The third kappa shape index (κ3) is 2.73. The maximum Gasteiger partial charge on any atom is 0.335 e. The van der Waals surface area contributed by atoms with Crippen LogP contribution in [-0.2, 0) is 4.79 Å². The van der Waals surface area contributed by atoms with Crippen LogP contribution in [0.5, 0.6) is 11.5 Å². The molecular weight excluding hydrogens is 286 g/mol. The van der Waals surface area contributed by atoms with Gasteiger partial charge in [0.2, 0.25) is 5.91 Å². The number of hydrogen-bond donors (Lipinski definition) is 2. The molecule has 0 spiro atoms. The number of ether oxygens (including phenoxy) is 2. The summed E-state index contributed by atoms with van der Waals surface area (Å²) in [7, 11) is 2.89. The first-order valence-electron chi connectivity index (χ1n) is 7.35. The molecule has 2 saturated carbocycles. The highest BCUT2D eigenvalue weighted by molar-refractivity contribution is 5.98. The fraction of sp³-hybridized carbons (Fsp3) is 0.500. The number of carbonyl (C=O) groups is 2. The van der Waals surface area contributed by atoms with E-state index in [9.17, 15) is 9.59 Å². The maximum absolute atomic E-state index is 12.3. The Morgan fingerprint density at radius 2 is 1.95 bits per heavy atom. The van der Waals surface area contributed by atoms with Gasteiger partial charge in [-0.15, -0.1) is 0 Å². The SMILES string of the molecule is COc1cc(C(=O)O)cc(NC(=O)C2CC2C2CC2)c1OC. The molecule has 0 saturated heterocycles. The van der Waals surface area contributed by atoms with Crippen molar-refractivity contribution >= 4 is 17.6 Å². The van der Waals surface area contributed by atoms with Gasteiger partial charge in [0.1, 0.15) is 0 Å². The lowest BCUT2D eigenvalue weighted by molar-refractivity contribution is -0.117. The van der Waals surface area contributed by atoms with Gasteiger partial charge in [-0.3, -0.25) is 4.79 Å².